The van der Waals surface area contributed by atoms with Gasteiger partial charge in [-0.25, -0.2) is 4.39 Å². The number of hydrogen-bond donors (Lipinski definition) is 1. The highest BCUT2D eigenvalue weighted by atomic mass is 19.1. The molecule has 1 amide bonds. The molecule has 1 aliphatic heterocycles. The second kappa shape index (κ2) is 3.38. The van der Waals surface area contributed by atoms with Crippen molar-refractivity contribution in [3.05, 3.63) is 29.6 Å². The van der Waals surface area contributed by atoms with Crippen molar-refractivity contribution in [2.24, 2.45) is 5.73 Å². The molecule has 3 nitrogen and oxygen atoms in total. The molecular weight excluding hydrogens is 183 g/mol. The summed E-state index contributed by atoms with van der Waals surface area (Å²) in [5.41, 5.74) is 6.73. The Kier molecular flexibility index (Phi) is 2.21. The minimum Gasteiger partial charge on any atom is -0.326 e. The number of carbonyl (C=O) groups excluding carboxylic acids is 1. The van der Waals surface area contributed by atoms with Crippen LogP contribution in [0.15, 0.2) is 18.2 Å². The molecule has 0 spiro atoms. The number of benzene rings is 1. The topological polar surface area (TPSA) is 46.3 Å². The van der Waals surface area contributed by atoms with E-state index in [1.807, 2.05) is 0 Å². The van der Waals surface area contributed by atoms with Gasteiger partial charge in [-0.1, -0.05) is 0 Å². The Hall–Kier alpha value is -1.42. The molecule has 2 rings (SSSR count). The highest BCUT2D eigenvalue weighted by Gasteiger charge is 2.25. The number of halogens is 1. The Morgan fingerprint density at radius 2 is 2.21 bits per heavy atom. The number of nitrogens with zero attached hydrogens (tertiary/aromatic N) is 1. The van der Waals surface area contributed by atoms with Gasteiger partial charge in [0.25, 0.3) is 0 Å². The van der Waals surface area contributed by atoms with Crippen molar-refractivity contribution in [2.75, 3.05) is 11.4 Å². The first-order valence-electron chi connectivity index (χ1n) is 4.50. The molecule has 1 heterocycles. The molecule has 0 unspecified atom stereocenters. The number of anilines is 1. The zero-order valence-corrected chi connectivity index (χ0v) is 7.66. The van der Waals surface area contributed by atoms with Crippen LogP contribution in [-0.4, -0.2) is 12.5 Å². The van der Waals surface area contributed by atoms with Gasteiger partial charge in [0, 0.05) is 25.2 Å². The standard InChI is InChI=1S/C10H11FN2O/c11-8-3-7(6-12)4-9(5-8)13-2-1-10(13)14/h3-5H,1-2,6,12H2. The van der Waals surface area contributed by atoms with E-state index in [2.05, 4.69) is 0 Å². The first-order chi connectivity index (χ1) is 6.70. The van der Waals surface area contributed by atoms with E-state index in [1.165, 1.54) is 12.1 Å². The van der Waals surface area contributed by atoms with Crippen molar-refractivity contribution in [2.45, 2.75) is 13.0 Å². The molecule has 2 N–H and O–H groups in total. The molecule has 0 bridgehead atoms. The van der Waals surface area contributed by atoms with E-state index < -0.39 is 0 Å². The van der Waals surface area contributed by atoms with E-state index in [9.17, 15) is 9.18 Å². The van der Waals surface area contributed by atoms with Crippen molar-refractivity contribution in [1.82, 2.24) is 0 Å². The van der Waals surface area contributed by atoms with E-state index in [4.69, 9.17) is 5.73 Å². The molecule has 1 aromatic carbocycles. The molecule has 0 saturated carbocycles. The van der Waals surface area contributed by atoms with Gasteiger partial charge in [0.15, 0.2) is 0 Å². The maximum absolute atomic E-state index is 13.1. The molecular formula is C10H11FN2O. The summed E-state index contributed by atoms with van der Waals surface area (Å²) in [5, 5.41) is 0. The first kappa shape index (κ1) is 9.15. The Bertz CT molecular complexity index is 378. The fourth-order valence-electron chi connectivity index (χ4n) is 1.50. The normalized spacial score (nSPS) is 15.6. The van der Waals surface area contributed by atoms with Crippen molar-refractivity contribution in [1.29, 1.82) is 0 Å². The van der Waals surface area contributed by atoms with E-state index in [0.717, 1.165) is 0 Å². The molecule has 1 aromatic rings. The van der Waals surface area contributed by atoms with Crippen molar-refractivity contribution < 1.29 is 9.18 Å². The van der Waals surface area contributed by atoms with Crippen LogP contribution in [0, 0.1) is 5.82 Å². The predicted molar refractivity (Wildman–Crippen MR) is 51.3 cm³/mol. The van der Waals surface area contributed by atoms with E-state index in [0.29, 0.717) is 24.2 Å². The quantitative estimate of drug-likeness (QED) is 0.714. The van der Waals surface area contributed by atoms with Crippen LogP contribution in [-0.2, 0) is 11.3 Å². The first-order valence-corrected chi connectivity index (χ1v) is 4.50. The number of carbonyl (C=O) groups is 1. The van der Waals surface area contributed by atoms with Crippen molar-refractivity contribution in [3.8, 4) is 0 Å². The summed E-state index contributed by atoms with van der Waals surface area (Å²) in [6, 6.07) is 4.49. The summed E-state index contributed by atoms with van der Waals surface area (Å²) in [5.74, 6) is -0.304. The second-order valence-corrected chi connectivity index (χ2v) is 3.32. The molecule has 0 radical (unpaired) electrons. The smallest absolute Gasteiger partial charge is 0.228 e. The van der Waals surface area contributed by atoms with Gasteiger partial charge in [-0.3, -0.25) is 4.79 Å². The van der Waals surface area contributed by atoms with Gasteiger partial charge in [0.2, 0.25) is 5.91 Å². The third-order valence-electron chi connectivity index (χ3n) is 2.34. The van der Waals surface area contributed by atoms with Gasteiger partial charge in [0.05, 0.1) is 0 Å². The van der Waals surface area contributed by atoms with Crippen LogP contribution in [0.2, 0.25) is 0 Å². The fourth-order valence-corrected chi connectivity index (χ4v) is 1.50. The molecule has 4 heteroatoms. The molecule has 1 fully saturated rings. The van der Waals surface area contributed by atoms with Gasteiger partial charge in [-0.2, -0.15) is 0 Å². The van der Waals surface area contributed by atoms with Crippen LogP contribution in [0.3, 0.4) is 0 Å². The summed E-state index contributed by atoms with van der Waals surface area (Å²) in [6.45, 7) is 0.957. The molecule has 1 aliphatic rings. The number of hydrogen-bond acceptors (Lipinski definition) is 2. The molecule has 0 aliphatic carbocycles. The zero-order chi connectivity index (χ0) is 10.1. The average molecular weight is 194 g/mol. The van der Waals surface area contributed by atoms with Crippen LogP contribution < -0.4 is 10.6 Å². The lowest BCUT2D eigenvalue weighted by molar-refractivity contribution is -0.122. The largest absolute Gasteiger partial charge is 0.326 e. The summed E-state index contributed by atoms with van der Waals surface area (Å²) in [7, 11) is 0. The monoisotopic (exact) mass is 194 g/mol. The van der Waals surface area contributed by atoms with Gasteiger partial charge < -0.3 is 10.6 Å². The van der Waals surface area contributed by atoms with E-state index in [1.54, 1.807) is 11.0 Å². The third kappa shape index (κ3) is 1.48. The Balaban J connectivity index is 2.33. The van der Waals surface area contributed by atoms with Crippen LogP contribution >= 0.6 is 0 Å². The highest BCUT2D eigenvalue weighted by molar-refractivity contribution is 5.99. The Morgan fingerprint density at radius 1 is 1.43 bits per heavy atom. The third-order valence-corrected chi connectivity index (χ3v) is 2.34. The van der Waals surface area contributed by atoms with Gasteiger partial charge >= 0.3 is 0 Å². The van der Waals surface area contributed by atoms with Crippen LogP contribution in [0.25, 0.3) is 0 Å². The maximum Gasteiger partial charge on any atom is 0.228 e. The lowest BCUT2D eigenvalue weighted by Crippen LogP contribution is -2.43. The van der Waals surface area contributed by atoms with Crippen LogP contribution in [0.5, 0.6) is 0 Å². The van der Waals surface area contributed by atoms with Gasteiger partial charge in [0.1, 0.15) is 5.82 Å². The lowest BCUT2D eigenvalue weighted by atomic mass is 10.1. The molecule has 0 atom stereocenters. The number of rotatable bonds is 2. The van der Waals surface area contributed by atoms with E-state index in [-0.39, 0.29) is 18.3 Å². The molecule has 1 saturated heterocycles. The number of nitrogens with two attached hydrogens (primary N) is 1. The summed E-state index contributed by atoms with van der Waals surface area (Å²) >= 11 is 0. The van der Waals surface area contributed by atoms with Crippen LogP contribution in [0.1, 0.15) is 12.0 Å². The molecule has 74 valence electrons. The fraction of sp³-hybridized carbons (Fsp3) is 0.300. The Labute approximate surface area is 81.3 Å². The zero-order valence-electron chi connectivity index (χ0n) is 7.66. The second-order valence-electron chi connectivity index (χ2n) is 3.32. The Morgan fingerprint density at radius 3 is 2.71 bits per heavy atom. The predicted octanol–water partition coefficient (Wildman–Crippen LogP) is 1.02. The average Bonchev–Trinajstić information content (AvgIpc) is 2.14. The maximum atomic E-state index is 13.1. The van der Waals surface area contributed by atoms with Crippen molar-refractivity contribution in [3.63, 3.8) is 0 Å². The number of amides is 1. The number of β-lactam (4-membered cyclic amide) rings is 1. The summed E-state index contributed by atoms with van der Waals surface area (Å²) < 4.78 is 13.1. The van der Waals surface area contributed by atoms with Gasteiger partial charge in [-0.05, 0) is 23.8 Å². The van der Waals surface area contributed by atoms with Gasteiger partial charge in [-0.15, -0.1) is 0 Å². The molecule has 14 heavy (non-hydrogen) atoms. The highest BCUT2D eigenvalue weighted by Crippen LogP contribution is 2.23. The SMILES string of the molecule is NCc1cc(F)cc(N2CCC2=O)c1. The minimum atomic E-state index is -0.345. The summed E-state index contributed by atoms with van der Waals surface area (Å²) in [4.78, 5) is 12.7. The molecule has 0 aromatic heterocycles. The lowest BCUT2D eigenvalue weighted by Gasteiger charge is -2.30. The van der Waals surface area contributed by atoms with Crippen molar-refractivity contribution >= 4 is 11.6 Å². The minimum absolute atomic E-state index is 0.0403. The van der Waals surface area contributed by atoms with Crippen LogP contribution in [0.4, 0.5) is 10.1 Å². The van der Waals surface area contributed by atoms with E-state index >= 15 is 0 Å². The summed E-state index contributed by atoms with van der Waals surface area (Å²) in [6.07, 6.45) is 0.550.